The van der Waals surface area contributed by atoms with Gasteiger partial charge >= 0.3 is 6.09 Å². The lowest BCUT2D eigenvalue weighted by Crippen LogP contribution is -2.36. The van der Waals surface area contributed by atoms with Crippen LogP contribution in [0.2, 0.25) is 0 Å². The molecule has 1 N–H and O–H groups in total. The zero-order valence-corrected chi connectivity index (χ0v) is 11.1. The largest absolute Gasteiger partial charge is 0.444 e. The van der Waals surface area contributed by atoms with Crippen LogP contribution < -0.4 is 5.32 Å². The second kappa shape index (κ2) is 5.49. The van der Waals surface area contributed by atoms with Crippen molar-refractivity contribution in [2.75, 3.05) is 5.88 Å². The Bertz CT molecular complexity index is 328. The molecule has 0 heterocycles. The maximum absolute atomic E-state index is 11.2. The van der Waals surface area contributed by atoms with Gasteiger partial charge in [0.25, 0.3) is 10.1 Å². The molecule has 16 heavy (non-hydrogen) atoms. The first-order valence-corrected chi connectivity index (χ1v) is 6.47. The molecule has 0 aliphatic carbocycles. The van der Waals surface area contributed by atoms with E-state index in [2.05, 4.69) is 9.50 Å². The Hall–Kier alpha value is -0.820. The van der Waals surface area contributed by atoms with Gasteiger partial charge in [0.05, 0.1) is 6.10 Å². The van der Waals surface area contributed by atoms with Crippen molar-refractivity contribution >= 4 is 16.2 Å². The summed E-state index contributed by atoms with van der Waals surface area (Å²) in [5.74, 6) is -0.597. The number of hydrogen-bond acceptors (Lipinski definition) is 5. The van der Waals surface area contributed by atoms with Gasteiger partial charge in [-0.25, -0.2) is 4.79 Å². The van der Waals surface area contributed by atoms with E-state index in [4.69, 9.17) is 4.74 Å². The zero-order valence-electron chi connectivity index (χ0n) is 10.2. The van der Waals surface area contributed by atoms with Crippen molar-refractivity contribution in [2.45, 2.75) is 46.3 Å². The minimum Gasteiger partial charge on any atom is -0.444 e. The molecule has 0 fully saturated rings. The van der Waals surface area contributed by atoms with Gasteiger partial charge in [-0.2, -0.15) is 8.42 Å². The van der Waals surface area contributed by atoms with Crippen LogP contribution >= 0.6 is 0 Å². The van der Waals surface area contributed by atoms with E-state index in [0.717, 1.165) is 0 Å². The van der Waals surface area contributed by atoms with E-state index < -0.39 is 33.8 Å². The summed E-state index contributed by atoms with van der Waals surface area (Å²) in [5, 5.41) is 2.11. The maximum Gasteiger partial charge on any atom is 0.408 e. The van der Waals surface area contributed by atoms with Gasteiger partial charge in [-0.1, -0.05) is 0 Å². The predicted molar refractivity (Wildman–Crippen MR) is 59.4 cm³/mol. The van der Waals surface area contributed by atoms with Crippen LogP contribution in [0.25, 0.3) is 0 Å². The minimum absolute atomic E-state index is 0.453. The second-order valence-corrected chi connectivity index (χ2v) is 6.12. The number of amides is 1. The molecule has 0 atom stereocenters. The van der Waals surface area contributed by atoms with Crippen molar-refractivity contribution in [3.63, 3.8) is 0 Å². The van der Waals surface area contributed by atoms with Crippen LogP contribution in [0.1, 0.15) is 34.6 Å². The molecule has 1 amide bonds. The van der Waals surface area contributed by atoms with E-state index in [0.29, 0.717) is 0 Å². The molecule has 0 saturated carbocycles. The summed E-state index contributed by atoms with van der Waals surface area (Å²) in [7, 11) is -3.74. The van der Waals surface area contributed by atoms with Crippen LogP contribution in [0.15, 0.2) is 0 Å². The summed E-state index contributed by atoms with van der Waals surface area (Å²) >= 11 is 0. The Morgan fingerprint density at radius 3 is 2.19 bits per heavy atom. The molecule has 0 bridgehead atoms. The first-order valence-electron chi connectivity index (χ1n) is 4.90. The van der Waals surface area contributed by atoms with Gasteiger partial charge in [0.15, 0.2) is 0 Å². The summed E-state index contributed by atoms with van der Waals surface area (Å²) < 4.78 is 31.9. The molecule has 0 aromatic rings. The standard InChI is InChI=1S/C9H19NO5S/c1-7(2)15-16(12,13)6-10-8(11)14-9(3,4)5/h7H,6H2,1-5H3,(H,10,11). The van der Waals surface area contributed by atoms with Gasteiger partial charge in [-0.05, 0) is 34.6 Å². The highest BCUT2D eigenvalue weighted by atomic mass is 32.2. The van der Waals surface area contributed by atoms with E-state index in [1.807, 2.05) is 0 Å². The third-order valence-corrected chi connectivity index (χ3v) is 2.31. The van der Waals surface area contributed by atoms with Gasteiger partial charge < -0.3 is 10.1 Å². The SMILES string of the molecule is CC(C)OS(=O)(=O)CNC(=O)OC(C)(C)C. The van der Waals surface area contributed by atoms with E-state index in [9.17, 15) is 13.2 Å². The molecule has 7 heteroatoms. The molecule has 6 nitrogen and oxygen atoms in total. The maximum atomic E-state index is 11.2. The fourth-order valence-electron chi connectivity index (χ4n) is 0.789. The molecule has 0 spiro atoms. The number of carbonyl (C=O) groups is 1. The van der Waals surface area contributed by atoms with Crippen molar-refractivity contribution in [1.29, 1.82) is 0 Å². The number of nitrogens with one attached hydrogen (secondary N) is 1. The Labute approximate surface area is 96.4 Å². The van der Waals surface area contributed by atoms with Crippen LogP contribution in [-0.2, 0) is 19.0 Å². The summed E-state index contributed by atoms with van der Waals surface area (Å²) in [4.78, 5) is 11.1. The van der Waals surface area contributed by atoms with Crippen molar-refractivity contribution in [1.82, 2.24) is 5.32 Å². The van der Waals surface area contributed by atoms with Gasteiger partial charge in [-0.3, -0.25) is 4.18 Å². The third-order valence-electron chi connectivity index (χ3n) is 1.13. The van der Waals surface area contributed by atoms with Crippen LogP contribution in [0, 0.1) is 0 Å². The van der Waals surface area contributed by atoms with Gasteiger partial charge in [-0.15, -0.1) is 0 Å². The summed E-state index contributed by atoms with van der Waals surface area (Å²) in [6.07, 6.45) is -1.24. The van der Waals surface area contributed by atoms with Crippen molar-refractivity contribution in [3.8, 4) is 0 Å². The first-order chi connectivity index (χ1) is 7.02. The Morgan fingerprint density at radius 2 is 1.81 bits per heavy atom. The highest BCUT2D eigenvalue weighted by Crippen LogP contribution is 2.06. The topological polar surface area (TPSA) is 81.7 Å². The third kappa shape index (κ3) is 8.49. The normalized spacial score (nSPS) is 12.6. The van der Waals surface area contributed by atoms with Crippen LogP contribution in [0.5, 0.6) is 0 Å². The van der Waals surface area contributed by atoms with Crippen molar-refractivity contribution in [2.24, 2.45) is 0 Å². The number of rotatable bonds is 4. The summed E-state index contributed by atoms with van der Waals surface area (Å²) in [5.41, 5.74) is -0.660. The molecule has 0 unspecified atom stereocenters. The van der Waals surface area contributed by atoms with Gasteiger partial charge in [0.2, 0.25) is 0 Å². The summed E-state index contributed by atoms with van der Waals surface area (Å²) in [6, 6.07) is 0. The van der Waals surface area contributed by atoms with E-state index >= 15 is 0 Å². The predicted octanol–water partition coefficient (Wildman–Crippen LogP) is 1.22. The monoisotopic (exact) mass is 253 g/mol. The molecule has 0 radical (unpaired) electrons. The van der Waals surface area contributed by atoms with E-state index in [1.165, 1.54) is 0 Å². The lowest BCUT2D eigenvalue weighted by Gasteiger charge is -2.19. The average Bonchev–Trinajstić information content (AvgIpc) is 1.95. The average molecular weight is 253 g/mol. The van der Waals surface area contributed by atoms with E-state index in [-0.39, 0.29) is 0 Å². The van der Waals surface area contributed by atoms with Crippen LogP contribution in [-0.4, -0.2) is 32.1 Å². The molecule has 0 aliphatic heterocycles. The molecular formula is C9H19NO5S. The molecule has 0 aromatic carbocycles. The van der Waals surface area contributed by atoms with E-state index in [1.54, 1.807) is 34.6 Å². The minimum atomic E-state index is -3.74. The van der Waals surface area contributed by atoms with Crippen molar-refractivity contribution in [3.05, 3.63) is 0 Å². The second-order valence-electron chi connectivity index (χ2n) is 4.53. The smallest absolute Gasteiger partial charge is 0.408 e. The Kier molecular flexibility index (Phi) is 5.21. The molecule has 0 aliphatic rings. The molecule has 0 rings (SSSR count). The Balaban J connectivity index is 4.11. The molecule has 0 aromatic heterocycles. The lowest BCUT2D eigenvalue weighted by molar-refractivity contribution is 0.0534. The van der Waals surface area contributed by atoms with Gasteiger partial charge in [0, 0.05) is 0 Å². The number of alkyl carbamates (subject to hydrolysis) is 1. The fourth-order valence-corrected chi connectivity index (χ4v) is 1.74. The summed E-state index contributed by atoms with van der Waals surface area (Å²) in [6.45, 7) is 8.24. The molecular weight excluding hydrogens is 234 g/mol. The Morgan fingerprint density at radius 1 is 1.31 bits per heavy atom. The highest BCUT2D eigenvalue weighted by molar-refractivity contribution is 7.86. The fraction of sp³-hybridized carbons (Fsp3) is 0.889. The van der Waals surface area contributed by atoms with Crippen LogP contribution in [0.3, 0.4) is 0 Å². The highest BCUT2D eigenvalue weighted by Gasteiger charge is 2.19. The molecule has 0 saturated heterocycles. The molecule has 96 valence electrons. The van der Waals surface area contributed by atoms with Gasteiger partial charge in [0.1, 0.15) is 11.5 Å². The van der Waals surface area contributed by atoms with Crippen LogP contribution in [0.4, 0.5) is 4.79 Å². The lowest BCUT2D eigenvalue weighted by atomic mass is 10.2. The van der Waals surface area contributed by atoms with Crippen molar-refractivity contribution < 1.29 is 22.1 Å². The zero-order chi connectivity index (χ0) is 13.0. The quantitative estimate of drug-likeness (QED) is 0.762. The number of hydrogen-bond donors (Lipinski definition) is 1. The number of carbonyl (C=O) groups excluding carboxylic acids is 1. The first kappa shape index (κ1) is 15.2. The number of ether oxygens (including phenoxy) is 1.